The minimum Gasteiger partial charge on any atom is -0.465 e. The highest BCUT2D eigenvalue weighted by molar-refractivity contribution is 5.80. The van der Waals surface area contributed by atoms with Crippen LogP contribution in [0.2, 0.25) is 0 Å². The van der Waals surface area contributed by atoms with Crippen molar-refractivity contribution in [2.24, 2.45) is 5.41 Å². The Bertz CT molecular complexity index is 253. The monoisotopic (exact) mass is 193 g/mol. The fraction of sp³-hybridized carbons (Fsp3) is 0.455. The second kappa shape index (κ2) is 5.98. The first-order valence-electron chi connectivity index (χ1n) is 4.47. The molecule has 0 unspecified atom stereocenters. The normalized spacial score (nSPS) is 10.0. The van der Waals surface area contributed by atoms with Gasteiger partial charge in [-0.15, -0.1) is 13.2 Å². The van der Waals surface area contributed by atoms with Gasteiger partial charge in [0.15, 0.2) is 5.41 Å². The van der Waals surface area contributed by atoms with E-state index in [9.17, 15) is 4.79 Å². The molecule has 3 nitrogen and oxygen atoms in total. The van der Waals surface area contributed by atoms with E-state index in [1.54, 1.807) is 19.1 Å². The number of hydrogen-bond donors (Lipinski definition) is 0. The van der Waals surface area contributed by atoms with Crippen LogP contribution in [0.3, 0.4) is 0 Å². The van der Waals surface area contributed by atoms with Crippen molar-refractivity contribution in [1.29, 1.82) is 5.26 Å². The highest BCUT2D eigenvalue weighted by atomic mass is 16.5. The van der Waals surface area contributed by atoms with Gasteiger partial charge >= 0.3 is 5.97 Å². The van der Waals surface area contributed by atoms with Gasteiger partial charge in [0.1, 0.15) is 0 Å². The zero-order valence-corrected chi connectivity index (χ0v) is 8.45. The van der Waals surface area contributed by atoms with Gasteiger partial charge in [0.25, 0.3) is 0 Å². The number of nitrogens with zero attached hydrogens (tertiary/aromatic N) is 1. The smallest absolute Gasteiger partial charge is 0.327 e. The Labute approximate surface area is 84.7 Å². The van der Waals surface area contributed by atoms with Crippen LogP contribution < -0.4 is 0 Å². The number of esters is 1. The molecule has 0 N–H and O–H groups in total. The Kier molecular flexibility index (Phi) is 5.31. The van der Waals surface area contributed by atoms with E-state index in [0.717, 1.165) is 0 Å². The minimum absolute atomic E-state index is 0.274. The average molecular weight is 193 g/mol. The van der Waals surface area contributed by atoms with Crippen LogP contribution in [0.25, 0.3) is 0 Å². The second-order valence-electron chi connectivity index (χ2n) is 2.90. The zero-order valence-electron chi connectivity index (χ0n) is 8.45. The molecule has 0 fully saturated rings. The lowest BCUT2D eigenvalue weighted by atomic mass is 9.83. The third kappa shape index (κ3) is 2.74. The maximum absolute atomic E-state index is 11.5. The summed E-state index contributed by atoms with van der Waals surface area (Å²) < 4.78 is 4.85. The van der Waals surface area contributed by atoms with E-state index in [2.05, 4.69) is 13.2 Å². The van der Waals surface area contributed by atoms with Crippen LogP contribution in [-0.4, -0.2) is 12.6 Å². The fourth-order valence-corrected chi connectivity index (χ4v) is 1.15. The fourth-order valence-electron chi connectivity index (χ4n) is 1.15. The molecular formula is C11H15NO2. The molecule has 0 bridgehead atoms. The Hall–Kier alpha value is -1.56. The topological polar surface area (TPSA) is 50.1 Å². The van der Waals surface area contributed by atoms with Gasteiger partial charge in [-0.3, -0.25) is 4.79 Å². The number of hydrogen-bond acceptors (Lipinski definition) is 3. The molecule has 0 rings (SSSR count). The van der Waals surface area contributed by atoms with Crippen LogP contribution in [0.15, 0.2) is 25.3 Å². The van der Waals surface area contributed by atoms with Gasteiger partial charge in [0.05, 0.1) is 12.7 Å². The Morgan fingerprint density at radius 3 is 2.29 bits per heavy atom. The second-order valence-corrected chi connectivity index (χ2v) is 2.90. The van der Waals surface area contributed by atoms with Crippen molar-refractivity contribution in [2.75, 3.05) is 6.61 Å². The van der Waals surface area contributed by atoms with Crippen molar-refractivity contribution >= 4 is 5.97 Å². The van der Waals surface area contributed by atoms with Crippen LogP contribution in [0.4, 0.5) is 0 Å². The maximum atomic E-state index is 11.5. The SMILES string of the molecule is C=CCC(C#N)(CC=C)C(=O)OCC. The number of allylic oxidation sites excluding steroid dienone is 2. The lowest BCUT2D eigenvalue weighted by molar-refractivity contribution is -0.151. The summed E-state index contributed by atoms with van der Waals surface area (Å²) in [7, 11) is 0. The number of carbonyl (C=O) groups excluding carboxylic acids is 1. The first-order valence-corrected chi connectivity index (χ1v) is 4.47. The predicted octanol–water partition coefficient (Wildman–Crippen LogP) is 2.21. The number of rotatable bonds is 6. The van der Waals surface area contributed by atoms with Gasteiger partial charge in [-0.25, -0.2) is 0 Å². The molecule has 0 aromatic rings. The number of carbonyl (C=O) groups is 1. The zero-order chi connectivity index (χ0) is 11.0. The summed E-state index contributed by atoms with van der Waals surface area (Å²) in [6, 6.07) is 1.98. The first kappa shape index (κ1) is 12.4. The van der Waals surface area contributed by atoms with Gasteiger partial charge in [-0.05, 0) is 19.8 Å². The van der Waals surface area contributed by atoms with E-state index in [0.29, 0.717) is 0 Å². The van der Waals surface area contributed by atoms with Crippen LogP contribution in [0, 0.1) is 16.7 Å². The summed E-state index contributed by atoms with van der Waals surface area (Å²) >= 11 is 0. The van der Waals surface area contributed by atoms with Crippen molar-refractivity contribution in [3.8, 4) is 6.07 Å². The van der Waals surface area contributed by atoms with Crippen LogP contribution >= 0.6 is 0 Å². The lowest BCUT2D eigenvalue weighted by Gasteiger charge is -2.20. The van der Waals surface area contributed by atoms with Crippen molar-refractivity contribution < 1.29 is 9.53 Å². The van der Waals surface area contributed by atoms with Gasteiger partial charge in [0.2, 0.25) is 0 Å². The summed E-state index contributed by atoms with van der Waals surface area (Å²) in [6.45, 7) is 9.03. The average Bonchev–Trinajstić information content (AvgIpc) is 2.17. The van der Waals surface area contributed by atoms with E-state index in [1.807, 2.05) is 6.07 Å². The molecule has 0 saturated carbocycles. The third-order valence-corrected chi connectivity index (χ3v) is 1.87. The quantitative estimate of drug-likeness (QED) is 0.480. The Balaban J connectivity index is 4.82. The Morgan fingerprint density at radius 2 is 2.00 bits per heavy atom. The van der Waals surface area contributed by atoms with Crippen molar-refractivity contribution in [3.63, 3.8) is 0 Å². The molecule has 0 atom stereocenters. The predicted molar refractivity (Wildman–Crippen MR) is 54.3 cm³/mol. The molecule has 0 radical (unpaired) electrons. The van der Waals surface area contributed by atoms with E-state index >= 15 is 0 Å². The highest BCUT2D eigenvalue weighted by Crippen LogP contribution is 2.28. The molecule has 3 heteroatoms. The van der Waals surface area contributed by atoms with E-state index < -0.39 is 11.4 Å². The summed E-state index contributed by atoms with van der Waals surface area (Å²) in [5.74, 6) is -0.498. The first-order chi connectivity index (χ1) is 6.66. The molecule has 0 heterocycles. The van der Waals surface area contributed by atoms with Crippen LogP contribution in [0.1, 0.15) is 19.8 Å². The molecule has 0 aliphatic carbocycles. The minimum atomic E-state index is -1.14. The Morgan fingerprint density at radius 1 is 1.50 bits per heavy atom. The maximum Gasteiger partial charge on any atom is 0.327 e. The van der Waals surface area contributed by atoms with Crippen molar-refractivity contribution in [3.05, 3.63) is 25.3 Å². The molecule has 0 aliphatic heterocycles. The largest absolute Gasteiger partial charge is 0.465 e. The molecule has 0 aromatic heterocycles. The molecule has 0 saturated heterocycles. The molecule has 0 aliphatic rings. The van der Waals surface area contributed by atoms with Gasteiger partial charge < -0.3 is 4.74 Å². The number of ether oxygens (including phenoxy) is 1. The van der Waals surface area contributed by atoms with Gasteiger partial charge in [0, 0.05) is 0 Å². The summed E-state index contributed by atoms with van der Waals surface area (Å²) in [5.41, 5.74) is -1.14. The molecule has 0 spiro atoms. The third-order valence-electron chi connectivity index (χ3n) is 1.87. The number of nitriles is 1. The summed E-state index contributed by atoms with van der Waals surface area (Å²) in [4.78, 5) is 11.5. The molecule has 0 amide bonds. The molecular weight excluding hydrogens is 178 g/mol. The van der Waals surface area contributed by atoms with Crippen LogP contribution in [0.5, 0.6) is 0 Å². The lowest BCUT2D eigenvalue weighted by Crippen LogP contribution is -2.30. The summed E-state index contributed by atoms with van der Waals surface area (Å²) in [6.07, 6.45) is 3.66. The van der Waals surface area contributed by atoms with E-state index in [-0.39, 0.29) is 19.4 Å². The summed E-state index contributed by atoms with van der Waals surface area (Å²) in [5, 5.41) is 8.99. The van der Waals surface area contributed by atoms with Crippen LogP contribution in [-0.2, 0) is 9.53 Å². The van der Waals surface area contributed by atoms with Gasteiger partial charge in [-0.2, -0.15) is 5.26 Å². The van der Waals surface area contributed by atoms with Crippen molar-refractivity contribution in [1.82, 2.24) is 0 Å². The van der Waals surface area contributed by atoms with Crippen molar-refractivity contribution in [2.45, 2.75) is 19.8 Å². The standard InChI is InChI=1S/C11H15NO2/c1-4-7-11(9-12,8-5-2)10(13)14-6-3/h4-5H,1-2,6-8H2,3H3. The molecule has 0 aromatic carbocycles. The molecule has 76 valence electrons. The molecule has 14 heavy (non-hydrogen) atoms. The van der Waals surface area contributed by atoms with E-state index in [1.165, 1.54) is 0 Å². The van der Waals surface area contributed by atoms with E-state index in [4.69, 9.17) is 10.00 Å². The highest BCUT2D eigenvalue weighted by Gasteiger charge is 2.37. The van der Waals surface area contributed by atoms with Gasteiger partial charge in [-0.1, -0.05) is 12.2 Å².